The van der Waals surface area contributed by atoms with Crippen LogP contribution >= 0.6 is 7.82 Å². The average Bonchev–Trinajstić information content (AvgIpc) is 2.90. The number of nitrogens with two attached hydrogens (primary N) is 1. The van der Waals surface area contributed by atoms with E-state index >= 15 is 0 Å². The Morgan fingerprint density at radius 2 is 1.16 bits per heavy atom. The summed E-state index contributed by atoms with van der Waals surface area (Å²) in [6.07, 6.45) is 23.6. The van der Waals surface area contributed by atoms with E-state index in [-0.39, 0.29) is 32.3 Å². The highest BCUT2D eigenvalue weighted by atomic mass is 31.2. The molecule has 0 aromatic heterocycles. The van der Waals surface area contributed by atoms with Gasteiger partial charge in [0.25, 0.3) is 0 Å². The summed E-state index contributed by atoms with van der Waals surface area (Å²) in [6, 6.07) is 0. The molecule has 2 unspecified atom stereocenters. The fourth-order valence-electron chi connectivity index (χ4n) is 4.21. The molecule has 8 nitrogen and oxygen atoms in total. The molecular formula is C29H60NO7P. The zero-order valence-electron chi connectivity index (χ0n) is 24.7. The lowest BCUT2D eigenvalue weighted by Gasteiger charge is -2.20. The van der Waals surface area contributed by atoms with Crippen LogP contribution in [0.5, 0.6) is 0 Å². The van der Waals surface area contributed by atoms with E-state index in [1.165, 1.54) is 96.3 Å². The van der Waals surface area contributed by atoms with Gasteiger partial charge < -0.3 is 20.1 Å². The lowest BCUT2D eigenvalue weighted by atomic mass is 10.0. The van der Waals surface area contributed by atoms with Crippen LogP contribution in [0.15, 0.2) is 0 Å². The number of rotatable bonds is 30. The van der Waals surface area contributed by atoms with Gasteiger partial charge in [0.1, 0.15) is 6.10 Å². The second kappa shape index (κ2) is 28.0. The van der Waals surface area contributed by atoms with Crippen molar-refractivity contribution in [2.24, 2.45) is 5.73 Å². The first-order valence-corrected chi connectivity index (χ1v) is 17.0. The largest absolute Gasteiger partial charge is 0.472 e. The van der Waals surface area contributed by atoms with Crippen LogP contribution in [0.3, 0.4) is 0 Å². The van der Waals surface area contributed by atoms with E-state index in [4.69, 9.17) is 24.3 Å². The third-order valence-electron chi connectivity index (χ3n) is 6.52. The maximum absolute atomic E-state index is 12.0. The maximum Gasteiger partial charge on any atom is 0.472 e. The van der Waals surface area contributed by atoms with Crippen LogP contribution in [0.25, 0.3) is 0 Å². The molecule has 0 rings (SSSR count). The van der Waals surface area contributed by atoms with Crippen LogP contribution in [0.2, 0.25) is 0 Å². The van der Waals surface area contributed by atoms with Crippen LogP contribution in [0.4, 0.5) is 0 Å². The topological polar surface area (TPSA) is 117 Å². The molecule has 0 aliphatic rings. The highest BCUT2D eigenvalue weighted by molar-refractivity contribution is 7.47. The van der Waals surface area contributed by atoms with E-state index in [1.807, 2.05) is 6.92 Å². The molecule has 0 saturated carbocycles. The van der Waals surface area contributed by atoms with Crippen molar-refractivity contribution in [1.29, 1.82) is 0 Å². The summed E-state index contributed by atoms with van der Waals surface area (Å²) in [4.78, 5) is 21.7. The number of phosphoric acid groups is 1. The zero-order chi connectivity index (χ0) is 28.2. The quantitative estimate of drug-likeness (QED) is 0.0514. The van der Waals surface area contributed by atoms with Gasteiger partial charge in [-0.05, 0) is 12.8 Å². The van der Waals surface area contributed by atoms with Crippen molar-refractivity contribution in [3.8, 4) is 0 Å². The number of carbonyl (C=O) groups is 1. The summed E-state index contributed by atoms with van der Waals surface area (Å²) in [6.45, 7) is 4.68. The first kappa shape index (κ1) is 37.5. The lowest BCUT2D eigenvalue weighted by Crippen LogP contribution is -2.28. The van der Waals surface area contributed by atoms with E-state index in [0.29, 0.717) is 13.0 Å². The SMILES string of the molecule is CCCCCCCCCCCCCCCCCCCOCC(COP(=O)(O)OCCN)OC(=O)CCCC. The van der Waals surface area contributed by atoms with Gasteiger partial charge in [-0.15, -0.1) is 0 Å². The molecule has 0 heterocycles. The standard InChI is InChI=1S/C29H60NO7P/c1-3-5-7-8-9-10-11-12-13-14-15-16-17-18-19-20-21-24-34-26-28(37-29(31)22-6-4-2)27-36-38(32,33)35-25-23-30/h28H,3-27,30H2,1-2H3,(H,32,33). The summed E-state index contributed by atoms with van der Waals surface area (Å²) >= 11 is 0. The molecule has 228 valence electrons. The van der Waals surface area contributed by atoms with Gasteiger partial charge in [-0.1, -0.05) is 123 Å². The Labute approximate surface area is 233 Å². The minimum absolute atomic E-state index is 0.0927. The van der Waals surface area contributed by atoms with E-state index in [9.17, 15) is 14.3 Å². The van der Waals surface area contributed by atoms with E-state index < -0.39 is 13.9 Å². The number of ether oxygens (including phenoxy) is 2. The van der Waals surface area contributed by atoms with Crippen molar-refractivity contribution >= 4 is 13.8 Å². The average molecular weight is 566 g/mol. The molecule has 0 aliphatic heterocycles. The predicted octanol–water partition coefficient (Wildman–Crippen LogP) is 7.85. The van der Waals surface area contributed by atoms with Gasteiger partial charge in [-0.2, -0.15) is 0 Å². The summed E-state index contributed by atoms with van der Waals surface area (Å²) in [5.41, 5.74) is 5.29. The van der Waals surface area contributed by atoms with Gasteiger partial charge in [0.15, 0.2) is 0 Å². The van der Waals surface area contributed by atoms with Crippen molar-refractivity contribution in [3.05, 3.63) is 0 Å². The fourth-order valence-corrected chi connectivity index (χ4v) is 4.97. The van der Waals surface area contributed by atoms with Gasteiger partial charge in [0.2, 0.25) is 0 Å². The Morgan fingerprint density at radius 1 is 0.684 bits per heavy atom. The molecule has 0 amide bonds. The van der Waals surface area contributed by atoms with Gasteiger partial charge in [0.05, 0.1) is 19.8 Å². The monoisotopic (exact) mass is 565 g/mol. The smallest absolute Gasteiger partial charge is 0.457 e. The van der Waals surface area contributed by atoms with Crippen LogP contribution < -0.4 is 5.73 Å². The molecule has 0 bridgehead atoms. The molecule has 0 fully saturated rings. The minimum Gasteiger partial charge on any atom is -0.457 e. The molecular weight excluding hydrogens is 505 g/mol. The van der Waals surface area contributed by atoms with Gasteiger partial charge in [0, 0.05) is 19.6 Å². The third-order valence-corrected chi connectivity index (χ3v) is 7.51. The highest BCUT2D eigenvalue weighted by Gasteiger charge is 2.25. The Bertz CT molecular complexity index is 565. The molecule has 9 heteroatoms. The van der Waals surface area contributed by atoms with E-state index in [0.717, 1.165) is 25.7 Å². The minimum atomic E-state index is -4.23. The number of unbranched alkanes of at least 4 members (excludes halogenated alkanes) is 17. The second-order valence-electron chi connectivity index (χ2n) is 10.3. The summed E-state index contributed by atoms with van der Waals surface area (Å²) in [5, 5.41) is 0. The highest BCUT2D eigenvalue weighted by Crippen LogP contribution is 2.43. The maximum atomic E-state index is 12.0. The Morgan fingerprint density at radius 3 is 1.63 bits per heavy atom. The molecule has 0 radical (unpaired) electrons. The first-order chi connectivity index (χ1) is 18.4. The molecule has 0 aliphatic carbocycles. The molecule has 0 spiro atoms. The van der Waals surface area contributed by atoms with Gasteiger partial charge in [-0.25, -0.2) is 4.57 Å². The van der Waals surface area contributed by atoms with Gasteiger partial charge in [-0.3, -0.25) is 13.8 Å². The molecule has 2 atom stereocenters. The van der Waals surface area contributed by atoms with Crippen LogP contribution in [0, 0.1) is 0 Å². The first-order valence-electron chi connectivity index (χ1n) is 15.5. The van der Waals surface area contributed by atoms with Crippen LogP contribution in [-0.4, -0.2) is 49.9 Å². The third kappa shape index (κ3) is 27.1. The number of hydrogen-bond donors (Lipinski definition) is 2. The van der Waals surface area contributed by atoms with Crippen LogP contribution in [-0.2, 0) is 27.9 Å². The number of hydrogen-bond acceptors (Lipinski definition) is 7. The summed E-state index contributed by atoms with van der Waals surface area (Å²) in [7, 11) is -4.23. The Kier molecular flexibility index (Phi) is 27.7. The van der Waals surface area contributed by atoms with Crippen molar-refractivity contribution < 1.29 is 32.8 Å². The van der Waals surface area contributed by atoms with E-state index in [1.54, 1.807) is 0 Å². The molecule has 38 heavy (non-hydrogen) atoms. The van der Waals surface area contributed by atoms with Crippen molar-refractivity contribution in [2.75, 3.05) is 33.0 Å². The molecule has 0 aromatic rings. The molecule has 3 N–H and O–H groups in total. The van der Waals surface area contributed by atoms with Crippen molar-refractivity contribution in [1.82, 2.24) is 0 Å². The second-order valence-corrected chi connectivity index (χ2v) is 11.8. The number of esters is 1. The summed E-state index contributed by atoms with van der Waals surface area (Å²) in [5.74, 6) is -0.363. The Balaban J connectivity index is 3.77. The normalized spacial score (nSPS) is 13.9. The molecule has 0 aromatic carbocycles. The van der Waals surface area contributed by atoms with Crippen LogP contribution in [0.1, 0.15) is 142 Å². The molecule has 0 saturated heterocycles. The lowest BCUT2D eigenvalue weighted by molar-refractivity contribution is -0.154. The fraction of sp³-hybridized carbons (Fsp3) is 0.966. The Hall–Kier alpha value is -0.500. The van der Waals surface area contributed by atoms with Crippen molar-refractivity contribution in [2.45, 2.75) is 148 Å². The number of carbonyl (C=O) groups excluding carboxylic acids is 1. The van der Waals surface area contributed by atoms with E-state index in [2.05, 4.69) is 6.92 Å². The zero-order valence-corrected chi connectivity index (χ0v) is 25.6. The van der Waals surface area contributed by atoms with Crippen molar-refractivity contribution in [3.63, 3.8) is 0 Å². The summed E-state index contributed by atoms with van der Waals surface area (Å²) < 4.78 is 32.6. The van der Waals surface area contributed by atoms with Gasteiger partial charge >= 0.3 is 13.8 Å². The predicted molar refractivity (Wildman–Crippen MR) is 155 cm³/mol. The number of phosphoric ester groups is 1.